The van der Waals surface area contributed by atoms with Crippen molar-refractivity contribution in [2.75, 3.05) is 12.9 Å². The fourth-order valence-electron chi connectivity index (χ4n) is 3.96. The summed E-state index contributed by atoms with van der Waals surface area (Å²) in [6.45, 7) is 8.22. The Bertz CT molecular complexity index is 1040. The SMILES string of the molecule is CSc1ncc(C(F)(F)F)c(OC(C)CO[Si](c2ccccc2)(c2ccccc2)C(C)(C)C)n1. The van der Waals surface area contributed by atoms with Crippen molar-refractivity contribution in [2.45, 2.75) is 50.2 Å². The second kappa shape index (κ2) is 10.5. The average Bonchev–Trinajstić information content (AvgIpc) is 2.79. The van der Waals surface area contributed by atoms with E-state index in [1.807, 2.05) is 36.4 Å². The maximum atomic E-state index is 13.5. The highest BCUT2D eigenvalue weighted by atomic mass is 32.2. The summed E-state index contributed by atoms with van der Waals surface area (Å²) in [5.41, 5.74) is -0.998. The first kappa shape index (κ1) is 26.2. The van der Waals surface area contributed by atoms with Gasteiger partial charge in [-0.05, 0) is 28.6 Å². The van der Waals surface area contributed by atoms with Crippen LogP contribution in [0.5, 0.6) is 5.88 Å². The topological polar surface area (TPSA) is 44.2 Å². The van der Waals surface area contributed by atoms with Gasteiger partial charge in [-0.25, -0.2) is 4.98 Å². The normalized spacial score (nSPS) is 13.5. The highest BCUT2D eigenvalue weighted by molar-refractivity contribution is 7.98. The van der Waals surface area contributed by atoms with E-state index < -0.39 is 32.0 Å². The van der Waals surface area contributed by atoms with Gasteiger partial charge in [-0.15, -0.1) is 0 Å². The number of nitrogens with zero attached hydrogens (tertiary/aromatic N) is 2. The van der Waals surface area contributed by atoms with E-state index >= 15 is 0 Å². The van der Waals surface area contributed by atoms with Gasteiger partial charge in [-0.2, -0.15) is 18.2 Å². The smallest absolute Gasteiger partial charge is 0.423 e. The Morgan fingerprint density at radius 2 is 1.47 bits per heavy atom. The summed E-state index contributed by atoms with van der Waals surface area (Å²) >= 11 is 1.15. The van der Waals surface area contributed by atoms with Crippen LogP contribution in [-0.2, 0) is 10.6 Å². The lowest BCUT2D eigenvalue weighted by atomic mass is 10.2. The molecule has 1 heterocycles. The van der Waals surface area contributed by atoms with E-state index in [-0.39, 0.29) is 16.8 Å². The van der Waals surface area contributed by atoms with Crippen LogP contribution in [0, 0.1) is 0 Å². The molecule has 0 amide bonds. The summed E-state index contributed by atoms with van der Waals surface area (Å²) in [6, 6.07) is 20.1. The molecule has 3 rings (SSSR count). The van der Waals surface area contributed by atoms with Crippen molar-refractivity contribution in [3.8, 4) is 5.88 Å². The van der Waals surface area contributed by atoms with Crippen LogP contribution in [0.1, 0.15) is 33.3 Å². The number of halogens is 3. The molecule has 0 aliphatic carbocycles. The summed E-state index contributed by atoms with van der Waals surface area (Å²) < 4.78 is 53.0. The zero-order chi connectivity index (χ0) is 25.0. The van der Waals surface area contributed by atoms with Crippen molar-refractivity contribution >= 4 is 30.5 Å². The molecule has 0 spiro atoms. The molecule has 0 saturated heterocycles. The molecule has 2 aromatic carbocycles. The predicted molar refractivity (Wildman–Crippen MR) is 132 cm³/mol. The minimum absolute atomic E-state index is 0.100. The van der Waals surface area contributed by atoms with E-state index in [4.69, 9.17) is 9.16 Å². The number of aromatic nitrogens is 2. The van der Waals surface area contributed by atoms with E-state index in [1.54, 1.807) is 13.2 Å². The average molecular weight is 507 g/mol. The first-order chi connectivity index (χ1) is 16.0. The molecule has 0 fully saturated rings. The Labute approximate surface area is 204 Å². The molecule has 1 unspecified atom stereocenters. The molecule has 182 valence electrons. The minimum atomic E-state index is -4.62. The Hall–Kier alpha value is -2.36. The summed E-state index contributed by atoms with van der Waals surface area (Å²) in [5.74, 6) is -0.481. The number of alkyl halides is 3. The third-order valence-electron chi connectivity index (χ3n) is 5.48. The summed E-state index contributed by atoms with van der Waals surface area (Å²) in [5, 5.41) is 2.13. The minimum Gasteiger partial charge on any atom is -0.472 e. The van der Waals surface area contributed by atoms with Crippen molar-refractivity contribution < 1.29 is 22.3 Å². The first-order valence-electron chi connectivity index (χ1n) is 10.9. The summed E-state index contributed by atoms with van der Waals surface area (Å²) in [7, 11) is -2.84. The lowest BCUT2D eigenvalue weighted by molar-refractivity contribution is -0.140. The standard InChI is InChI=1S/C25H29F3N2O2SSi/c1-18(32-22-21(25(26,27)28)16-29-23(30-22)33-5)17-31-34(24(2,3)4,19-12-8-6-9-13-19)20-14-10-7-11-15-20/h6-16,18H,17H2,1-5H3. The van der Waals surface area contributed by atoms with E-state index in [1.165, 1.54) is 0 Å². The fraction of sp³-hybridized carbons (Fsp3) is 0.360. The molecule has 3 aromatic rings. The van der Waals surface area contributed by atoms with Crippen LogP contribution < -0.4 is 15.1 Å². The lowest BCUT2D eigenvalue weighted by Crippen LogP contribution is -2.67. The van der Waals surface area contributed by atoms with Gasteiger partial charge in [0.1, 0.15) is 11.7 Å². The second-order valence-corrected chi connectivity index (χ2v) is 14.1. The van der Waals surface area contributed by atoms with E-state index in [0.717, 1.165) is 28.3 Å². The molecular weight excluding hydrogens is 477 g/mol. The predicted octanol–water partition coefficient (Wildman–Crippen LogP) is 5.56. The number of hydrogen-bond donors (Lipinski definition) is 0. The van der Waals surface area contributed by atoms with Crippen molar-refractivity contribution in [2.24, 2.45) is 0 Å². The Morgan fingerprint density at radius 1 is 0.941 bits per heavy atom. The van der Waals surface area contributed by atoms with Gasteiger partial charge in [0.15, 0.2) is 5.16 Å². The van der Waals surface area contributed by atoms with Gasteiger partial charge in [0.05, 0.1) is 6.61 Å². The summed E-state index contributed by atoms with van der Waals surface area (Å²) in [4.78, 5) is 7.73. The molecule has 0 aliphatic heterocycles. The van der Waals surface area contributed by atoms with Crippen molar-refractivity contribution in [3.05, 3.63) is 72.4 Å². The Kier molecular flexibility index (Phi) is 8.10. The van der Waals surface area contributed by atoms with Gasteiger partial charge in [0, 0.05) is 6.20 Å². The highest BCUT2D eigenvalue weighted by Gasteiger charge is 2.50. The van der Waals surface area contributed by atoms with Crippen LogP contribution in [0.3, 0.4) is 0 Å². The van der Waals surface area contributed by atoms with Crippen LogP contribution in [-0.4, -0.2) is 37.3 Å². The fourth-order valence-corrected chi connectivity index (χ4v) is 8.93. The van der Waals surface area contributed by atoms with Gasteiger partial charge >= 0.3 is 6.18 Å². The quantitative estimate of drug-likeness (QED) is 0.227. The Morgan fingerprint density at radius 3 is 1.91 bits per heavy atom. The summed E-state index contributed by atoms with van der Waals surface area (Å²) in [6.07, 6.45) is -2.83. The zero-order valence-corrected chi connectivity index (χ0v) is 21.7. The molecule has 9 heteroatoms. The zero-order valence-electron chi connectivity index (χ0n) is 19.9. The Balaban J connectivity index is 1.96. The molecule has 1 atom stereocenters. The largest absolute Gasteiger partial charge is 0.472 e. The van der Waals surface area contributed by atoms with Gasteiger partial charge in [-0.1, -0.05) is 93.2 Å². The second-order valence-electron chi connectivity index (χ2n) is 8.98. The highest BCUT2D eigenvalue weighted by Crippen LogP contribution is 2.38. The molecular formula is C25H29F3N2O2SSi. The van der Waals surface area contributed by atoms with Crippen molar-refractivity contribution in [1.82, 2.24) is 9.97 Å². The van der Waals surface area contributed by atoms with E-state index in [2.05, 4.69) is 55.0 Å². The van der Waals surface area contributed by atoms with Gasteiger partial charge in [0.25, 0.3) is 8.32 Å². The van der Waals surface area contributed by atoms with Crippen LogP contribution in [0.15, 0.2) is 72.0 Å². The van der Waals surface area contributed by atoms with Crippen molar-refractivity contribution in [3.63, 3.8) is 0 Å². The van der Waals surface area contributed by atoms with Crippen LogP contribution >= 0.6 is 11.8 Å². The van der Waals surface area contributed by atoms with Crippen molar-refractivity contribution in [1.29, 1.82) is 0 Å². The number of thioether (sulfide) groups is 1. The molecule has 0 N–H and O–H groups in total. The number of ether oxygens (including phenoxy) is 1. The molecule has 0 bridgehead atoms. The maximum absolute atomic E-state index is 13.5. The number of benzene rings is 2. The van der Waals surface area contributed by atoms with Gasteiger partial charge in [-0.3, -0.25) is 0 Å². The first-order valence-corrected chi connectivity index (χ1v) is 14.0. The maximum Gasteiger partial charge on any atom is 0.423 e. The molecule has 34 heavy (non-hydrogen) atoms. The third kappa shape index (κ3) is 5.64. The van der Waals surface area contributed by atoms with Gasteiger partial charge < -0.3 is 9.16 Å². The van der Waals surface area contributed by atoms with Gasteiger partial charge in [0.2, 0.25) is 5.88 Å². The van der Waals surface area contributed by atoms with Crippen LogP contribution in [0.4, 0.5) is 13.2 Å². The monoisotopic (exact) mass is 506 g/mol. The number of rotatable bonds is 8. The molecule has 0 radical (unpaired) electrons. The van der Waals surface area contributed by atoms with Crippen LogP contribution in [0.25, 0.3) is 0 Å². The molecule has 4 nitrogen and oxygen atoms in total. The molecule has 1 aromatic heterocycles. The van der Waals surface area contributed by atoms with Crippen LogP contribution in [0.2, 0.25) is 5.04 Å². The lowest BCUT2D eigenvalue weighted by Gasteiger charge is -2.43. The molecule has 0 saturated carbocycles. The number of hydrogen-bond acceptors (Lipinski definition) is 5. The van der Waals surface area contributed by atoms with E-state index in [9.17, 15) is 13.2 Å². The third-order valence-corrected chi connectivity index (χ3v) is 11.1. The molecule has 0 aliphatic rings. The van der Waals surface area contributed by atoms with E-state index in [0.29, 0.717) is 0 Å².